The van der Waals surface area contributed by atoms with Crippen LogP contribution in [0.4, 0.5) is 5.69 Å². The summed E-state index contributed by atoms with van der Waals surface area (Å²) in [5, 5.41) is 14.9. The van der Waals surface area contributed by atoms with Crippen LogP contribution in [0.2, 0.25) is 0 Å². The summed E-state index contributed by atoms with van der Waals surface area (Å²) in [6.45, 7) is 11.0. The predicted molar refractivity (Wildman–Crippen MR) is 137 cm³/mol. The molecule has 2 aromatic heterocycles. The van der Waals surface area contributed by atoms with Crippen molar-refractivity contribution in [2.45, 2.75) is 72.0 Å². The van der Waals surface area contributed by atoms with Gasteiger partial charge in [0.05, 0.1) is 11.3 Å². The summed E-state index contributed by atoms with van der Waals surface area (Å²) in [6, 6.07) is 4.06. The number of pyridine rings is 1. The first-order valence-electron chi connectivity index (χ1n) is 12.5. The second kappa shape index (κ2) is 8.55. The van der Waals surface area contributed by atoms with Crippen molar-refractivity contribution in [1.82, 2.24) is 9.55 Å². The largest absolute Gasteiger partial charge is 0.490 e. The van der Waals surface area contributed by atoms with Gasteiger partial charge in [-0.3, -0.25) is 0 Å². The number of aryl methyl sites for hydroxylation is 3. The fourth-order valence-electron chi connectivity index (χ4n) is 5.71. The van der Waals surface area contributed by atoms with Gasteiger partial charge in [-0.2, -0.15) is 0 Å². The van der Waals surface area contributed by atoms with E-state index < -0.39 is 17.7 Å². The number of carboxylic acids is 1. The van der Waals surface area contributed by atoms with Crippen LogP contribution in [0.15, 0.2) is 12.1 Å². The molecule has 0 radical (unpaired) electrons. The SMILES string of the molecule is Cc1nc2c(c3c(n2C)CCCC3)c(-c2ccc3c(c2C)NCCO3)c1[C@H](OC(C)(C)C)C(=O)O. The Morgan fingerprint density at radius 3 is 2.69 bits per heavy atom. The highest BCUT2D eigenvalue weighted by Crippen LogP contribution is 2.47. The van der Waals surface area contributed by atoms with Crippen LogP contribution in [0.3, 0.4) is 0 Å². The van der Waals surface area contributed by atoms with Gasteiger partial charge < -0.3 is 24.5 Å². The molecule has 7 nitrogen and oxygen atoms in total. The number of fused-ring (bicyclic) bond motifs is 4. The Bertz CT molecular complexity index is 1330. The minimum atomic E-state index is -1.14. The van der Waals surface area contributed by atoms with E-state index in [-0.39, 0.29) is 0 Å². The molecule has 3 heterocycles. The number of hydrogen-bond donors (Lipinski definition) is 2. The fourth-order valence-corrected chi connectivity index (χ4v) is 5.71. The summed E-state index contributed by atoms with van der Waals surface area (Å²) in [4.78, 5) is 17.7. The van der Waals surface area contributed by atoms with E-state index in [1.807, 2.05) is 33.8 Å². The maximum Gasteiger partial charge on any atom is 0.337 e. The molecule has 1 aliphatic heterocycles. The van der Waals surface area contributed by atoms with Gasteiger partial charge in [-0.15, -0.1) is 0 Å². The third-order valence-corrected chi connectivity index (χ3v) is 7.18. The van der Waals surface area contributed by atoms with Gasteiger partial charge in [0.25, 0.3) is 0 Å². The average Bonchev–Trinajstić information content (AvgIpc) is 3.09. The highest BCUT2D eigenvalue weighted by atomic mass is 16.5. The molecule has 1 atom stereocenters. The van der Waals surface area contributed by atoms with Crippen LogP contribution in [0, 0.1) is 13.8 Å². The monoisotopic (exact) mass is 477 g/mol. The number of rotatable bonds is 4. The Morgan fingerprint density at radius 2 is 1.97 bits per heavy atom. The number of ether oxygens (including phenoxy) is 2. The molecule has 3 aromatic rings. The topological polar surface area (TPSA) is 85.6 Å². The molecule has 5 rings (SSSR count). The Labute approximate surface area is 206 Å². The maximum absolute atomic E-state index is 12.7. The van der Waals surface area contributed by atoms with Crippen molar-refractivity contribution in [3.8, 4) is 16.9 Å². The molecule has 1 aromatic carbocycles. The maximum atomic E-state index is 12.7. The Hall–Kier alpha value is -3.06. The number of carboxylic acid groups (broad SMARTS) is 1. The van der Waals surface area contributed by atoms with Crippen LogP contribution in [-0.4, -0.2) is 39.4 Å². The van der Waals surface area contributed by atoms with E-state index >= 15 is 0 Å². The lowest BCUT2D eigenvalue weighted by Crippen LogP contribution is -2.28. The van der Waals surface area contributed by atoms with E-state index in [9.17, 15) is 9.90 Å². The van der Waals surface area contributed by atoms with E-state index in [0.717, 1.165) is 71.4 Å². The third kappa shape index (κ3) is 3.96. The molecule has 186 valence electrons. The number of benzene rings is 1. The standard InChI is InChI=1S/C28H35N3O4/c1-15-17(11-12-20-24(15)29-13-14-34-20)22-21(25(27(32)33)35-28(3,4)5)16(2)30-26-23(22)18-9-7-8-10-19(18)31(26)6/h11-12,25,29H,7-10,13-14H2,1-6H3,(H,32,33)/t25-/m0/s1. The Kier molecular flexibility index (Phi) is 5.79. The number of hydrogen-bond acceptors (Lipinski definition) is 5. The van der Waals surface area contributed by atoms with Gasteiger partial charge in [0, 0.05) is 41.5 Å². The van der Waals surface area contributed by atoms with Crippen molar-refractivity contribution in [2.24, 2.45) is 7.05 Å². The van der Waals surface area contributed by atoms with Crippen molar-refractivity contribution < 1.29 is 19.4 Å². The minimum absolute atomic E-state index is 0.627. The zero-order valence-electron chi connectivity index (χ0n) is 21.5. The summed E-state index contributed by atoms with van der Waals surface area (Å²) < 4.78 is 14.3. The van der Waals surface area contributed by atoms with Crippen LogP contribution < -0.4 is 10.1 Å². The number of carbonyl (C=O) groups is 1. The molecule has 0 bridgehead atoms. The molecular weight excluding hydrogens is 442 g/mol. The average molecular weight is 478 g/mol. The summed E-state index contributed by atoms with van der Waals surface area (Å²) in [7, 11) is 2.08. The van der Waals surface area contributed by atoms with E-state index in [1.165, 1.54) is 11.3 Å². The lowest BCUT2D eigenvalue weighted by atomic mass is 9.86. The van der Waals surface area contributed by atoms with Crippen molar-refractivity contribution >= 4 is 22.7 Å². The van der Waals surface area contributed by atoms with Gasteiger partial charge in [0.1, 0.15) is 18.0 Å². The second-order valence-corrected chi connectivity index (χ2v) is 10.7. The smallest absolute Gasteiger partial charge is 0.337 e. The van der Waals surface area contributed by atoms with E-state index in [4.69, 9.17) is 14.5 Å². The molecule has 0 saturated carbocycles. The van der Waals surface area contributed by atoms with Crippen molar-refractivity contribution in [2.75, 3.05) is 18.5 Å². The molecule has 0 spiro atoms. The van der Waals surface area contributed by atoms with E-state index in [2.05, 4.69) is 29.9 Å². The predicted octanol–water partition coefficient (Wildman–Crippen LogP) is 5.48. The molecule has 7 heteroatoms. The normalized spacial score (nSPS) is 16.3. The van der Waals surface area contributed by atoms with Crippen LogP contribution in [-0.2, 0) is 29.4 Å². The molecule has 0 saturated heterocycles. The third-order valence-electron chi connectivity index (χ3n) is 7.18. The highest BCUT2D eigenvalue weighted by molar-refractivity contribution is 6.02. The molecule has 0 fully saturated rings. The number of aromatic nitrogens is 2. The second-order valence-electron chi connectivity index (χ2n) is 10.7. The highest BCUT2D eigenvalue weighted by Gasteiger charge is 2.35. The molecule has 0 amide bonds. The first-order valence-corrected chi connectivity index (χ1v) is 12.5. The van der Waals surface area contributed by atoms with Gasteiger partial charge in [-0.05, 0) is 83.1 Å². The lowest BCUT2D eigenvalue weighted by molar-refractivity contribution is -0.160. The van der Waals surface area contributed by atoms with Crippen LogP contribution in [0.1, 0.15) is 67.8 Å². The Balaban J connectivity index is 1.90. The summed E-state index contributed by atoms with van der Waals surface area (Å²) in [6.07, 6.45) is 3.11. The molecule has 0 unspecified atom stereocenters. The Morgan fingerprint density at radius 1 is 1.23 bits per heavy atom. The number of aliphatic carboxylic acids is 1. The summed E-state index contributed by atoms with van der Waals surface area (Å²) in [5.41, 5.74) is 8.12. The fraction of sp³-hybridized carbons (Fsp3) is 0.500. The van der Waals surface area contributed by atoms with Gasteiger partial charge in [0.15, 0.2) is 6.10 Å². The first kappa shape index (κ1) is 23.7. The van der Waals surface area contributed by atoms with Gasteiger partial charge in [0.2, 0.25) is 0 Å². The van der Waals surface area contributed by atoms with Gasteiger partial charge in [-0.25, -0.2) is 9.78 Å². The van der Waals surface area contributed by atoms with Crippen LogP contribution in [0.5, 0.6) is 5.75 Å². The van der Waals surface area contributed by atoms with Crippen LogP contribution in [0.25, 0.3) is 22.2 Å². The molecule has 35 heavy (non-hydrogen) atoms. The minimum Gasteiger partial charge on any atom is -0.490 e. The van der Waals surface area contributed by atoms with Gasteiger partial charge in [-0.1, -0.05) is 6.07 Å². The number of nitrogens with zero attached hydrogens (tertiary/aromatic N) is 2. The number of nitrogens with one attached hydrogen (secondary N) is 1. The molecule has 1 aliphatic carbocycles. The summed E-state index contributed by atoms with van der Waals surface area (Å²) >= 11 is 0. The van der Waals surface area contributed by atoms with Crippen molar-refractivity contribution in [1.29, 1.82) is 0 Å². The van der Waals surface area contributed by atoms with Crippen molar-refractivity contribution in [3.05, 3.63) is 40.2 Å². The first-order chi connectivity index (χ1) is 16.6. The van der Waals surface area contributed by atoms with E-state index in [1.54, 1.807) is 0 Å². The van der Waals surface area contributed by atoms with Gasteiger partial charge >= 0.3 is 5.97 Å². The summed E-state index contributed by atoms with van der Waals surface area (Å²) in [5.74, 6) is -0.177. The lowest BCUT2D eigenvalue weighted by Gasteiger charge is -2.29. The molecule has 2 aliphatic rings. The van der Waals surface area contributed by atoms with Crippen molar-refractivity contribution in [3.63, 3.8) is 0 Å². The van der Waals surface area contributed by atoms with E-state index in [0.29, 0.717) is 17.9 Å². The zero-order valence-corrected chi connectivity index (χ0v) is 21.5. The number of anilines is 1. The van der Waals surface area contributed by atoms with Crippen LogP contribution >= 0.6 is 0 Å². The molecule has 2 N–H and O–H groups in total. The zero-order chi connectivity index (χ0) is 25.1. The quantitative estimate of drug-likeness (QED) is 0.517. The molecular formula is C28H35N3O4.